The maximum atomic E-state index is 11.5. The number of nitrogens with one attached hydrogen (secondary N) is 1. The number of fused-ring (bicyclic) bond motifs is 1. The van der Waals surface area contributed by atoms with Crippen molar-refractivity contribution in [1.82, 2.24) is 5.32 Å². The highest BCUT2D eigenvalue weighted by atomic mass is 16.5. The lowest BCUT2D eigenvalue weighted by Crippen LogP contribution is -2.31. The van der Waals surface area contributed by atoms with Crippen molar-refractivity contribution in [3.8, 4) is 5.75 Å². The van der Waals surface area contributed by atoms with Gasteiger partial charge in [0.25, 0.3) is 0 Å². The van der Waals surface area contributed by atoms with Crippen molar-refractivity contribution >= 4 is 6.09 Å². The van der Waals surface area contributed by atoms with Crippen molar-refractivity contribution < 1.29 is 14.3 Å². The maximum absolute atomic E-state index is 11.5. The van der Waals surface area contributed by atoms with E-state index in [0.717, 1.165) is 37.4 Å². The molecule has 1 aliphatic carbocycles. The number of aryl methyl sites for hydroxylation is 2. The number of methoxy groups -OCH3 is 1. The van der Waals surface area contributed by atoms with Gasteiger partial charge in [-0.15, -0.1) is 0 Å². The molecule has 4 heteroatoms. The van der Waals surface area contributed by atoms with Gasteiger partial charge < -0.3 is 14.8 Å². The first-order valence-electron chi connectivity index (χ1n) is 10.9. The Kier molecular flexibility index (Phi) is 6.38. The van der Waals surface area contributed by atoms with E-state index >= 15 is 0 Å². The van der Waals surface area contributed by atoms with Crippen LogP contribution in [0.5, 0.6) is 5.75 Å². The standard InChI is InChI=1S/C25H31NO3/c1-28-24-7-3-2-5-19(24)10-8-18-9-11-21-16-22(13-12-20(21)15-18)23-6-4-14-29-25(27)26-17-23/h2-3,5,7,12-13,16,18,23H,4,6,8-11,14-15,17H2,1H3,(H,26,27)/t18-,23-/m1/s1. The molecule has 1 N–H and O–H groups in total. The van der Waals surface area contributed by atoms with Crippen LogP contribution < -0.4 is 10.1 Å². The van der Waals surface area contributed by atoms with Crippen LogP contribution in [0, 0.1) is 5.92 Å². The normalized spacial score (nSPS) is 21.9. The van der Waals surface area contributed by atoms with Crippen molar-refractivity contribution in [3.63, 3.8) is 0 Å². The Balaban J connectivity index is 1.38. The van der Waals surface area contributed by atoms with E-state index in [2.05, 4.69) is 41.7 Å². The number of benzene rings is 2. The molecule has 1 fully saturated rings. The Labute approximate surface area is 173 Å². The van der Waals surface area contributed by atoms with E-state index in [1.54, 1.807) is 7.11 Å². The van der Waals surface area contributed by atoms with Gasteiger partial charge in [0, 0.05) is 12.5 Å². The second kappa shape index (κ2) is 9.34. The summed E-state index contributed by atoms with van der Waals surface area (Å²) in [7, 11) is 1.75. The van der Waals surface area contributed by atoms with Gasteiger partial charge >= 0.3 is 6.09 Å². The lowest BCUT2D eigenvalue weighted by molar-refractivity contribution is 0.136. The molecule has 1 saturated heterocycles. The number of carbonyl (C=O) groups is 1. The number of para-hydroxylation sites is 1. The van der Waals surface area contributed by atoms with E-state index in [0.29, 0.717) is 19.1 Å². The number of amides is 1. The van der Waals surface area contributed by atoms with Crippen LogP contribution in [0.1, 0.15) is 53.9 Å². The molecule has 29 heavy (non-hydrogen) atoms. The zero-order valence-corrected chi connectivity index (χ0v) is 17.3. The molecule has 0 aromatic heterocycles. The van der Waals surface area contributed by atoms with Crippen molar-refractivity contribution in [3.05, 3.63) is 64.7 Å². The van der Waals surface area contributed by atoms with E-state index in [4.69, 9.17) is 9.47 Å². The third kappa shape index (κ3) is 4.92. The molecule has 154 valence electrons. The number of carbonyl (C=O) groups excluding carboxylic acids is 1. The Morgan fingerprint density at radius 3 is 2.93 bits per heavy atom. The van der Waals surface area contributed by atoms with Gasteiger partial charge in [-0.05, 0) is 79.2 Å². The van der Waals surface area contributed by atoms with Crippen LogP contribution >= 0.6 is 0 Å². The molecule has 0 bridgehead atoms. The van der Waals surface area contributed by atoms with E-state index in [1.165, 1.54) is 41.5 Å². The van der Waals surface area contributed by atoms with E-state index in [-0.39, 0.29) is 6.09 Å². The van der Waals surface area contributed by atoms with Gasteiger partial charge in [0.1, 0.15) is 5.75 Å². The quantitative estimate of drug-likeness (QED) is 0.774. The summed E-state index contributed by atoms with van der Waals surface area (Å²) in [6.07, 6.45) is 7.55. The van der Waals surface area contributed by atoms with E-state index in [1.807, 2.05) is 6.07 Å². The second-order valence-electron chi connectivity index (χ2n) is 8.34. The minimum absolute atomic E-state index is 0.287. The van der Waals surface area contributed by atoms with Crippen LogP contribution in [0.25, 0.3) is 0 Å². The lowest BCUT2D eigenvalue weighted by atomic mass is 9.79. The van der Waals surface area contributed by atoms with Crippen LogP contribution in [0.2, 0.25) is 0 Å². The third-order valence-electron chi connectivity index (χ3n) is 6.47. The summed E-state index contributed by atoms with van der Waals surface area (Å²) in [5.41, 5.74) is 5.67. The molecule has 0 saturated carbocycles. The Morgan fingerprint density at radius 2 is 2.03 bits per heavy atom. The summed E-state index contributed by atoms with van der Waals surface area (Å²) in [6.45, 7) is 1.18. The van der Waals surface area contributed by atoms with Gasteiger partial charge in [-0.1, -0.05) is 36.4 Å². The topological polar surface area (TPSA) is 47.6 Å². The average molecular weight is 394 g/mol. The molecular formula is C25H31NO3. The number of hydrogen-bond acceptors (Lipinski definition) is 3. The molecule has 4 nitrogen and oxygen atoms in total. The van der Waals surface area contributed by atoms with Crippen LogP contribution in [-0.4, -0.2) is 26.4 Å². The summed E-state index contributed by atoms with van der Waals surface area (Å²) in [6, 6.07) is 15.4. The van der Waals surface area contributed by atoms with Crippen LogP contribution in [0.15, 0.2) is 42.5 Å². The fraction of sp³-hybridized carbons (Fsp3) is 0.480. The molecule has 0 radical (unpaired) electrons. The average Bonchev–Trinajstić information content (AvgIpc) is 2.75. The SMILES string of the molecule is COc1ccccc1CC[C@@H]1CCc2cc([C@@H]3CCCOC(=O)NC3)ccc2C1. The first-order valence-corrected chi connectivity index (χ1v) is 10.9. The second-order valence-corrected chi connectivity index (χ2v) is 8.34. The molecule has 0 unspecified atom stereocenters. The largest absolute Gasteiger partial charge is 0.496 e. The monoisotopic (exact) mass is 393 g/mol. The van der Waals surface area contributed by atoms with Crippen LogP contribution in [-0.2, 0) is 24.0 Å². The van der Waals surface area contributed by atoms with E-state index in [9.17, 15) is 4.79 Å². The molecular weight excluding hydrogens is 362 g/mol. The van der Waals surface area contributed by atoms with Gasteiger partial charge in [0.05, 0.1) is 13.7 Å². The first kappa shape index (κ1) is 19.8. The summed E-state index contributed by atoms with van der Waals surface area (Å²) in [5, 5.41) is 2.89. The van der Waals surface area contributed by atoms with Crippen molar-refractivity contribution in [2.24, 2.45) is 5.92 Å². The summed E-state index contributed by atoms with van der Waals surface area (Å²) in [4.78, 5) is 11.5. The number of ether oxygens (including phenoxy) is 2. The number of cyclic esters (lactones) is 1. The maximum Gasteiger partial charge on any atom is 0.407 e. The fourth-order valence-electron chi connectivity index (χ4n) is 4.76. The Morgan fingerprint density at radius 1 is 1.14 bits per heavy atom. The molecule has 0 spiro atoms. The smallest absolute Gasteiger partial charge is 0.407 e. The highest BCUT2D eigenvalue weighted by molar-refractivity contribution is 5.67. The molecule has 1 heterocycles. The number of hydrogen-bond donors (Lipinski definition) is 1. The third-order valence-corrected chi connectivity index (χ3v) is 6.47. The lowest BCUT2D eigenvalue weighted by Gasteiger charge is -2.27. The Bertz CT molecular complexity index is 848. The van der Waals surface area contributed by atoms with Gasteiger partial charge in [-0.3, -0.25) is 0 Å². The molecule has 2 aliphatic rings. The number of alkyl carbamates (subject to hydrolysis) is 1. The molecule has 2 aromatic rings. The van der Waals surface area contributed by atoms with Crippen LogP contribution in [0.4, 0.5) is 4.79 Å². The van der Waals surface area contributed by atoms with Crippen molar-refractivity contribution in [1.29, 1.82) is 0 Å². The molecule has 2 aromatic carbocycles. The predicted octanol–water partition coefficient (Wildman–Crippen LogP) is 5.04. The summed E-state index contributed by atoms with van der Waals surface area (Å²) < 4.78 is 10.6. The van der Waals surface area contributed by atoms with Crippen molar-refractivity contribution in [2.75, 3.05) is 20.3 Å². The van der Waals surface area contributed by atoms with Gasteiger partial charge in [-0.25, -0.2) is 4.79 Å². The van der Waals surface area contributed by atoms with Gasteiger partial charge in [0.15, 0.2) is 0 Å². The molecule has 2 atom stereocenters. The van der Waals surface area contributed by atoms with Crippen LogP contribution in [0.3, 0.4) is 0 Å². The zero-order chi connectivity index (χ0) is 20.1. The Hall–Kier alpha value is -2.49. The summed E-state index contributed by atoms with van der Waals surface area (Å²) >= 11 is 0. The minimum Gasteiger partial charge on any atom is -0.496 e. The fourth-order valence-corrected chi connectivity index (χ4v) is 4.76. The highest BCUT2D eigenvalue weighted by Crippen LogP contribution is 2.32. The summed E-state index contributed by atoms with van der Waals surface area (Å²) in [5.74, 6) is 2.12. The number of rotatable bonds is 5. The van der Waals surface area contributed by atoms with Crippen molar-refractivity contribution in [2.45, 2.75) is 50.9 Å². The minimum atomic E-state index is -0.287. The molecule has 4 rings (SSSR count). The predicted molar refractivity (Wildman–Crippen MR) is 115 cm³/mol. The highest BCUT2D eigenvalue weighted by Gasteiger charge is 2.22. The first-order chi connectivity index (χ1) is 14.2. The van der Waals surface area contributed by atoms with E-state index < -0.39 is 0 Å². The molecule has 1 amide bonds. The van der Waals surface area contributed by atoms with Gasteiger partial charge in [0.2, 0.25) is 0 Å². The van der Waals surface area contributed by atoms with Gasteiger partial charge in [-0.2, -0.15) is 0 Å². The molecule has 1 aliphatic heterocycles. The zero-order valence-electron chi connectivity index (χ0n) is 17.3.